The number of amides is 2. The van der Waals surface area contributed by atoms with Crippen LogP contribution in [0.15, 0.2) is 30.3 Å². The molecule has 2 atom stereocenters. The van der Waals surface area contributed by atoms with Crippen LogP contribution in [0.2, 0.25) is 0 Å². The first kappa shape index (κ1) is 25.7. The summed E-state index contributed by atoms with van der Waals surface area (Å²) in [4.78, 5) is 29.2. The molecular weight excluding hydrogens is 411 g/mol. The van der Waals surface area contributed by atoms with Crippen molar-refractivity contribution in [1.82, 2.24) is 15.1 Å². The van der Waals surface area contributed by atoms with Crippen LogP contribution in [-0.4, -0.2) is 59.9 Å². The molecule has 8 heteroatoms. The van der Waals surface area contributed by atoms with Crippen LogP contribution in [0, 0.1) is 5.92 Å². The molecule has 2 amide bonds. The molecule has 164 valence electrons. The number of carbonyl (C=O) groups is 2. The van der Waals surface area contributed by atoms with Crippen LogP contribution in [0.1, 0.15) is 38.2 Å². The van der Waals surface area contributed by atoms with Gasteiger partial charge in [0.05, 0.1) is 12.5 Å². The van der Waals surface area contributed by atoms with E-state index in [9.17, 15) is 9.59 Å². The van der Waals surface area contributed by atoms with Gasteiger partial charge < -0.3 is 16.0 Å². The summed E-state index contributed by atoms with van der Waals surface area (Å²) in [6.45, 7) is 6.07. The summed E-state index contributed by atoms with van der Waals surface area (Å²) < 4.78 is 0. The SMILES string of the molecule is CC1(N)CCCCC1C(=O)NCC(=O)N1CCN(Cc2ccccc2)CC1.Cl.Cl. The highest BCUT2D eigenvalue weighted by Gasteiger charge is 2.37. The van der Waals surface area contributed by atoms with Gasteiger partial charge in [-0.15, -0.1) is 24.8 Å². The van der Waals surface area contributed by atoms with Gasteiger partial charge in [0.25, 0.3) is 0 Å². The Morgan fingerprint density at radius 3 is 2.38 bits per heavy atom. The zero-order valence-corrected chi connectivity index (χ0v) is 18.8. The van der Waals surface area contributed by atoms with Crippen LogP contribution < -0.4 is 11.1 Å². The molecular formula is C21H34Cl2N4O2. The normalized spacial score (nSPS) is 24.8. The fourth-order valence-electron chi connectivity index (χ4n) is 4.18. The third kappa shape index (κ3) is 7.14. The highest BCUT2D eigenvalue weighted by atomic mass is 35.5. The second-order valence-electron chi connectivity index (χ2n) is 8.16. The van der Waals surface area contributed by atoms with Gasteiger partial charge in [-0.3, -0.25) is 14.5 Å². The van der Waals surface area contributed by atoms with E-state index in [4.69, 9.17) is 5.73 Å². The molecule has 1 saturated heterocycles. The maximum atomic E-state index is 12.5. The van der Waals surface area contributed by atoms with E-state index < -0.39 is 5.54 Å². The second-order valence-corrected chi connectivity index (χ2v) is 8.16. The number of piperazine rings is 1. The molecule has 3 rings (SSSR count). The quantitative estimate of drug-likeness (QED) is 0.729. The number of nitrogens with two attached hydrogens (primary N) is 1. The lowest BCUT2D eigenvalue weighted by Gasteiger charge is -2.37. The molecule has 0 bridgehead atoms. The molecule has 1 heterocycles. The topological polar surface area (TPSA) is 78.7 Å². The molecule has 29 heavy (non-hydrogen) atoms. The van der Waals surface area contributed by atoms with Crippen molar-refractivity contribution >= 4 is 36.6 Å². The number of hydrogen-bond acceptors (Lipinski definition) is 4. The molecule has 0 radical (unpaired) electrons. The number of carbonyl (C=O) groups excluding carboxylic acids is 2. The molecule has 2 aliphatic rings. The Bertz CT molecular complexity index is 649. The number of nitrogens with zero attached hydrogens (tertiary/aromatic N) is 2. The van der Waals surface area contributed by atoms with Gasteiger partial charge in [-0.25, -0.2) is 0 Å². The largest absolute Gasteiger partial charge is 0.347 e. The van der Waals surface area contributed by atoms with Crippen molar-refractivity contribution in [3.05, 3.63) is 35.9 Å². The van der Waals surface area contributed by atoms with Gasteiger partial charge in [0, 0.05) is 38.3 Å². The van der Waals surface area contributed by atoms with Gasteiger partial charge in [0.15, 0.2) is 0 Å². The summed E-state index contributed by atoms with van der Waals surface area (Å²) in [5.74, 6) is -0.269. The summed E-state index contributed by atoms with van der Waals surface area (Å²) in [6, 6.07) is 10.4. The predicted molar refractivity (Wildman–Crippen MR) is 120 cm³/mol. The molecule has 0 spiro atoms. The molecule has 1 aromatic rings. The monoisotopic (exact) mass is 444 g/mol. The average Bonchev–Trinajstić information content (AvgIpc) is 2.67. The van der Waals surface area contributed by atoms with Crippen molar-refractivity contribution in [2.45, 2.75) is 44.7 Å². The Morgan fingerprint density at radius 1 is 1.10 bits per heavy atom. The van der Waals surface area contributed by atoms with E-state index in [1.165, 1.54) is 5.56 Å². The molecule has 3 N–H and O–H groups in total. The van der Waals surface area contributed by atoms with Crippen LogP contribution in [0.25, 0.3) is 0 Å². The molecule has 1 saturated carbocycles. The minimum Gasteiger partial charge on any atom is -0.347 e. The minimum absolute atomic E-state index is 0. The van der Waals surface area contributed by atoms with Crippen LogP contribution in [0.4, 0.5) is 0 Å². The fourth-order valence-corrected chi connectivity index (χ4v) is 4.18. The summed E-state index contributed by atoms with van der Waals surface area (Å²) in [5, 5.41) is 2.83. The Labute approximate surface area is 186 Å². The van der Waals surface area contributed by atoms with Crippen LogP contribution in [-0.2, 0) is 16.1 Å². The van der Waals surface area contributed by atoms with Crippen LogP contribution in [0.5, 0.6) is 0 Å². The third-order valence-corrected chi connectivity index (χ3v) is 5.96. The molecule has 2 fully saturated rings. The van der Waals surface area contributed by atoms with Gasteiger partial charge in [0.1, 0.15) is 0 Å². The third-order valence-electron chi connectivity index (χ3n) is 5.96. The first-order valence-corrected chi connectivity index (χ1v) is 10.1. The Morgan fingerprint density at radius 2 is 1.76 bits per heavy atom. The molecule has 6 nitrogen and oxygen atoms in total. The van der Waals surface area contributed by atoms with Gasteiger partial charge in [-0.2, -0.15) is 0 Å². The van der Waals surface area contributed by atoms with E-state index in [0.717, 1.165) is 45.3 Å². The molecule has 1 aromatic carbocycles. The number of nitrogens with one attached hydrogen (secondary N) is 1. The summed E-state index contributed by atoms with van der Waals surface area (Å²) in [6.07, 6.45) is 3.78. The van der Waals surface area contributed by atoms with Crippen LogP contribution >= 0.6 is 24.8 Å². The highest BCUT2D eigenvalue weighted by Crippen LogP contribution is 2.31. The number of benzene rings is 1. The van der Waals surface area contributed by atoms with Gasteiger partial charge in [-0.05, 0) is 25.3 Å². The molecule has 2 unspecified atom stereocenters. The Kier molecular flexibility index (Phi) is 10.4. The number of halogens is 2. The lowest BCUT2D eigenvalue weighted by molar-refractivity contribution is -0.136. The highest BCUT2D eigenvalue weighted by molar-refractivity contribution is 5.86. The Balaban J connectivity index is 0.00000210. The van der Waals surface area contributed by atoms with E-state index in [1.807, 2.05) is 17.9 Å². The molecule has 1 aliphatic carbocycles. The molecule has 1 aliphatic heterocycles. The smallest absolute Gasteiger partial charge is 0.242 e. The van der Waals surface area contributed by atoms with Crippen molar-refractivity contribution < 1.29 is 9.59 Å². The molecule has 0 aromatic heterocycles. The predicted octanol–water partition coefficient (Wildman–Crippen LogP) is 2.20. The maximum absolute atomic E-state index is 12.5. The standard InChI is InChI=1S/C21H32N4O2.2ClH/c1-21(22)10-6-5-9-18(21)20(27)23-15-19(26)25-13-11-24(12-14-25)16-17-7-3-2-4-8-17;;/h2-4,7-8,18H,5-6,9-16,22H2,1H3,(H,23,27);2*1H. The van der Waals surface area contributed by atoms with E-state index in [-0.39, 0.29) is 49.1 Å². The minimum atomic E-state index is -0.464. The zero-order chi connectivity index (χ0) is 19.3. The van der Waals surface area contributed by atoms with E-state index in [2.05, 4.69) is 34.5 Å². The first-order chi connectivity index (χ1) is 13.0. The van der Waals surface area contributed by atoms with Gasteiger partial charge in [-0.1, -0.05) is 43.2 Å². The summed E-state index contributed by atoms with van der Waals surface area (Å²) in [5.41, 5.74) is 7.12. The zero-order valence-electron chi connectivity index (χ0n) is 17.1. The average molecular weight is 445 g/mol. The first-order valence-electron chi connectivity index (χ1n) is 10.1. The van der Waals surface area contributed by atoms with E-state index in [0.29, 0.717) is 13.1 Å². The lowest BCUT2D eigenvalue weighted by atomic mass is 9.74. The van der Waals surface area contributed by atoms with E-state index >= 15 is 0 Å². The van der Waals surface area contributed by atoms with Crippen molar-refractivity contribution in [3.8, 4) is 0 Å². The van der Waals surface area contributed by atoms with E-state index in [1.54, 1.807) is 0 Å². The van der Waals surface area contributed by atoms with Crippen molar-refractivity contribution in [2.24, 2.45) is 11.7 Å². The number of rotatable bonds is 5. The summed E-state index contributed by atoms with van der Waals surface area (Å²) >= 11 is 0. The van der Waals surface area contributed by atoms with Crippen molar-refractivity contribution in [2.75, 3.05) is 32.7 Å². The lowest BCUT2D eigenvalue weighted by Crippen LogP contribution is -2.55. The maximum Gasteiger partial charge on any atom is 0.242 e. The van der Waals surface area contributed by atoms with Crippen molar-refractivity contribution in [3.63, 3.8) is 0 Å². The van der Waals surface area contributed by atoms with Crippen LogP contribution in [0.3, 0.4) is 0 Å². The summed E-state index contributed by atoms with van der Waals surface area (Å²) in [7, 11) is 0. The Hall–Kier alpha value is -1.34. The second kappa shape index (κ2) is 11.7. The van der Waals surface area contributed by atoms with Crippen molar-refractivity contribution in [1.29, 1.82) is 0 Å². The van der Waals surface area contributed by atoms with Gasteiger partial charge >= 0.3 is 0 Å². The number of hydrogen-bond donors (Lipinski definition) is 2. The fraction of sp³-hybridized carbons (Fsp3) is 0.619. The van der Waals surface area contributed by atoms with Gasteiger partial charge in [0.2, 0.25) is 11.8 Å².